The molecular formula is C37H38O11. The number of phenolic OH excluding ortho intramolecular Hbond substituents is 5. The summed E-state index contributed by atoms with van der Waals surface area (Å²) >= 11 is 0. The van der Waals surface area contributed by atoms with Crippen LogP contribution in [0.15, 0.2) is 109 Å². The van der Waals surface area contributed by atoms with Gasteiger partial charge in [0.1, 0.15) is 40.2 Å². The van der Waals surface area contributed by atoms with Gasteiger partial charge in [0.05, 0.1) is 16.7 Å². The topological polar surface area (TPSA) is 191 Å². The molecule has 5 rings (SSSR count). The predicted molar refractivity (Wildman–Crippen MR) is 180 cm³/mol. The molecule has 0 heterocycles. The molecule has 0 aliphatic heterocycles. The highest BCUT2D eigenvalue weighted by atomic mass is 16.5. The molecule has 6 N–H and O–H groups in total. The molecule has 0 spiro atoms. The Labute approximate surface area is 278 Å². The van der Waals surface area contributed by atoms with Gasteiger partial charge in [0, 0.05) is 0 Å². The van der Waals surface area contributed by atoms with E-state index in [0.717, 1.165) is 0 Å². The van der Waals surface area contributed by atoms with Gasteiger partial charge in [-0.05, 0) is 134 Å². The first-order valence-corrected chi connectivity index (χ1v) is 13.5. The maximum Gasteiger partial charge on any atom is 0.343 e. The molecule has 252 valence electrons. The summed E-state index contributed by atoms with van der Waals surface area (Å²) in [7, 11) is 0. The van der Waals surface area contributed by atoms with Crippen molar-refractivity contribution in [1.29, 1.82) is 0 Å². The zero-order chi connectivity index (χ0) is 33.8. The van der Waals surface area contributed by atoms with Crippen molar-refractivity contribution in [2.24, 2.45) is 0 Å². The number of carbonyl (C=O) groups is 3. The molecule has 5 aromatic carbocycles. The molecule has 0 aromatic heterocycles. The lowest BCUT2D eigenvalue weighted by Crippen LogP contribution is -2.10. The number of hydrogen-bond donors (Lipinski definition) is 6. The van der Waals surface area contributed by atoms with Crippen molar-refractivity contribution in [3.63, 3.8) is 0 Å². The van der Waals surface area contributed by atoms with E-state index in [0.29, 0.717) is 33.8 Å². The van der Waals surface area contributed by atoms with Gasteiger partial charge < -0.3 is 40.1 Å². The average Bonchev–Trinajstić information content (AvgIpc) is 3.02. The number of ether oxygens (including phenoxy) is 2. The van der Waals surface area contributed by atoms with Crippen molar-refractivity contribution in [3.05, 3.63) is 137 Å². The van der Waals surface area contributed by atoms with Gasteiger partial charge in [-0.3, -0.25) is 0 Å². The van der Waals surface area contributed by atoms with Gasteiger partial charge in [0.15, 0.2) is 0 Å². The van der Waals surface area contributed by atoms with Crippen molar-refractivity contribution in [2.45, 2.75) is 28.7 Å². The molecule has 0 unspecified atom stereocenters. The minimum atomic E-state index is -0.986. The standard InChI is InChI=1S/C21H16O6.C7H6O3.C7H8O2.2CH4/c1-13-12-18(26-20(24)14-2-6-16(22)7-3-14)10-11-19(13)27-21(25)15-4-8-17(23)9-5-15;8-6-3-1-5(2-4-6)7(9)10;1-5-4-6(8)2-3-7(5)9;;/h2-12,22-23H,1H3;1-4,8H,(H,9,10);2-4,8-9H,1H3;2*1H4. The SMILES string of the molecule is C.C.Cc1cc(O)ccc1O.Cc1cc(OC(=O)c2ccc(O)cc2)ccc1OC(=O)c1ccc(O)cc1.O=C(O)c1ccc(O)cc1. The molecule has 48 heavy (non-hydrogen) atoms. The van der Waals surface area contributed by atoms with E-state index in [1.807, 2.05) is 0 Å². The highest BCUT2D eigenvalue weighted by molar-refractivity contribution is 5.92. The van der Waals surface area contributed by atoms with Crippen molar-refractivity contribution < 1.29 is 54.5 Å². The number of hydrogen-bond acceptors (Lipinski definition) is 10. The van der Waals surface area contributed by atoms with Gasteiger partial charge in [-0.25, -0.2) is 14.4 Å². The second-order valence-corrected chi connectivity index (χ2v) is 9.62. The van der Waals surface area contributed by atoms with Crippen LogP contribution < -0.4 is 9.47 Å². The Bertz CT molecular complexity index is 1800. The molecular weight excluding hydrogens is 620 g/mol. The van der Waals surface area contributed by atoms with Gasteiger partial charge in [0.25, 0.3) is 0 Å². The molecule has 11 nitrogen and oxygen atoms in total. The van der Waals surface area contributed by atoms with Gasteiger partial charge in [-0.15, -0.1) is 0 Å². The van der Waals surface area contributed by atoms with E-state index in [1.165, 1.54) is 103 Å². The fourth-order valence-corrected chi connectivity index (χ4v) is 3.56. The fourth-order valence-electron chi connectivity index (χ4n) is 3.56. The zero-order valence-corrected chi connectivity index (χ0v) is 24.6. The van der Waals surface area contributed by atoms with Gasteiger partial charge >= 0.3 is 17.9 Å². The van der Waals surface area contributed by atoms with Crippen LogP contribution in [0.4, 0.5) is 0 Å². The average molecular weight is 659 g/mol. The van der Waals surface area contributed by atoms with Crippen molar-refractivity contribution >= 4 is 17.9 Å². The molecule has 0 aliphatic carbocycles. The fraction of sp³-hybridized carbons (Fsp3) is 0.108. The Hall–Kier alpha value is -6.49. The molecule has 0 aliphatic rings. The zero-order valence-electron chi connectivity index (χ0n) is 24.6. The molecule has 0 amide bonds. The summed E-state index contributed by atoms with van der Waals surface area (Å²) in [5, 5.41) is 53.4. The lowest BCUT2D eigenvalue weighted by atomic mass is 10.2. The Morgan fingerprint density at radius 3 is 1.29 bits per heavy atom. The second kappa shape index (κ2) is 18.5. The molecule has 0 atom stereocenters. The van der Waals surface area contributed by atoms with E-state index < -0.39 is 17.9 Å². The summed E-state index contributed by atoms with van der Waals surface area (Å²) in [5.74, 6) is -0.893. The van der Waals surface area contributed by atoms with E-state index >= 15 is 0 Å². The van der Waals surface area contributed by atoms with Crippen LogP contribution in [-0.4, -0.2) is 48.5 Å². The summed E-state index contributed by atoms with van der Waals surface area (Å²) in [4.78, 5) is 34.5. The highest BCUT2D eigenvalue weighted by Crippen LogP contribution is 2.25. The Morgan fingerprint density at radius 2 is 0.896 bits per heavy atom. The van der Waals surface area contributed by atoms with E-state index in [1.54, 1.807) is 19.9 Å². The minimum absolute atomic E-state index is 0. The summed E-state index contributed by atoms with van der Waals surface area (Å²) in [5.41, 5.74) is 2.08. The molecule has 11 heteroatoms. The molecule has 0 fully saturated rings. The normalized spacial score (nSPS) is 9.46. The van der Waals surface area contributed by atoms with E-state index in [-0.39, 0.29) is 49.2 Å². The maximum atomic E-state index is 12.1. The first-order valence-electron chi connectivity index (χ1n) is 13.5. The monoisotopic (exact) mass is 658 g/mol. The van der Waals surface area contributed by atoms with Crippen LogP contribution in [0.1, 0.15) is 57.1 Å². The third-order valence-electron chi connectivity index (χ3n) is 6.06. The summed E-state index contributed by atoms with van der Waals surface area (Å²) in [6, 6.07) is 25.8. The minimum Gasteiger partial charge on any atom is -0.508 e. The van der Waals surface area contributed by atoms with Gasteiger partial charge in [-0.1, -0.05) is 14.9 Å². The van der Waals surface area contributed by atoms with E-state index in [2.05, 4.69) is 0 Å². The third kappa shape index (κ3) is 12.1. The predicted octanol–water partition coefficient (Wildman–Crippen LogP) is 7.61. The van der Waals surface area contributed by atoms with Crippen LogP contribution in [0, 0.1) is 13.8 Å². The Kier molecular flexibility index (Phi) is 15.2. The van der Waals surface area contributed by atoms with Crippen molar-refractivity contribution in [3.8, 4) is 40.2 Å². The van der Waals surface area contributed by atoms with Crippen LogP contribution >= 0.6 is 0 Å². The van der Waals surface area contributed by atoms with E-state index in [4.69, 9.17) is 29.9 Å². The van der Waals surface area contributed by atoms with E-state index in [9.17, 15) is 24.6 Å². The lowest BCUT2D eigenvalue weighted by Gasteiger charge is -2.10. The number of carbonyl (C=O) groups excluding carboxylic acids is 2. The lowest BCUT2D eigenvalue weighted by molar-refractivity contribution is 0.0693. The summed E-state index contributed by atoms with van der Waals surface area (Å²) in [6.07, 6.45) is 0. The molecule has 0 saturated heterocycles. The van der Waals surface area contributed by atoms with Crippen LogP contribution in [-0.2, 0) is 0 Å². The second-order valence-electron chi connectivity index (χ2n) is 9.62. The van der Waals surface area contributed by atoms with Crippen LogP contribution in [0.3, 0.4) is 0 Å². The summed E-state index contributed by atoms with van der Waals surface area (Å²) < 4.78 is 10.6. The molecule has 0 radical (unpaired) electrons. The number of phenols is 5. The largest absolute Gasteiger partial charge is 0.508 e. The highest BCUT2D eigenvalue weighted by Gasteiger charge is 2.13. The third-order valence-corrected chi connectivity index (χ3v) is 6.06. The number of aryl methyl sites for hydroxylation is 2. The molecule has 0 saturated carbocycles. The van der Waals surface area contributed by atoms with Crippen LogP contribution in [0.25, 0.3) is 0 Å². The quantitative estimate of drug-likeness (QED) is 0.0619. The Morgan fingerprint density at radius 1 is 0.479 bits per heavy atom. The van der Waals surface area contributed by atoms with Crippen LogP contribution in [0.2, 0.25) is 0 Å². The first kappa shape index (κ1) is 39.5. The smallest absolute Gasteiger partial charge is 0.343 e. The van der Waals surface area contributed by atoms with Crippen LogP contribution in [0.5, 0.6) is 40.2 Å². The number of esters is 2. The van der Waals surface area contributed by atoms with Gasteiger partial charge in [0.2, 0.25) is 0 Å². The number of aromatic hydroxyl groups is 5. The van der Waals surface area contributed by atoms with Crippen molar-refractivity contribution in [2.75, 3.05) is 0 Å². The number of benzene rings is 5. The molecule has 5 aromatic rings. The number of carboxylic acids is 1. The number of rotatable bonds is 5. The number of aromatic carboxylic acids is 1. The number of carboxylic acid groups (broad SMARTS) is 1. The maximum absolute atomic E-state index is 12.1. The van der Waals surface area contributed by atoms with Gasteiger partial charge in [-0.2, -0.15) is 0 Å². The Balaban J connectivity index is 0.000000450. The summed E-state index contributed by atoms with van der Waals surface area (Å²) in [6.45, 7) is 3.45. The van der Waals surface area contributed by atoms with Crippen molar-refractivity contribution in [1.82, 2.24) is 0 Å². The molecule has 0 bridgehead atoms. The first-order chi connectivity index (χ1) is 21.8.